The van der Waals surface area contributed by atoms with E-state index >= 15 is 0 Å². The third-order valence-corrected chi connectivity index (χ3v) is 7.17. The summed E-state index contributed by atoms with van der Waals surface area (Å²) in [6.07, 6.45) is 5.48. The number of hydrogen-bond donors (Lipinski definition) is 0. The van der Waals surface area contributed by atoms with Crippen molar-refractivity contribution < 1.29 is 4.43 Å². The number of hydrogen-bond acceptors (Lipinski definition) is 2. The van der Waals surface area contributed by atoms with E-state index < -0.39 is 9.20 Å². The van der Waals surface area contributed by atoms with Crippen molar-refractivity contribution in [2.45, 2.75) is 52.5 Å². The molecule has 0 aromatic carbocycles. The van der Waals surface area contributed by atoms with Crippen molar-refractivity contribution in [2.24, 2.45) is 11.3 Å². The third-order valence-electron chi connectivity index (χ3n) is 4.32. The van der Waals surface area contributed by atoms with Crippen LogP contribution in [-0.4, -0.2) is 33.5 Å². The minimum absolute atomic E-state index is 0.501. The average Bonchev–Trinajstić information content (AvgIpc) is 2.29. The second-order valence-electron chi connectivity index (χ2n) is 6.50. The largest absolute Gasteiger partial charge is 0.405 e. The Morgan fingerprint density at radius 1 is 1.12 bits per heavy atom. The van der Waals surface area contributed by atoms with E-state index in [9.17, 15) is 0 Å². The average molecular weight is 241 g/mol. The van der Waals surface area contributed by atoms with E-state index in [0.717, 1.165) is 12.5 Å². The van der Waals surface area contributed by atoms with Gasteiger partial charge in [0.15, 0.2) is 0 Å². The summed E-state index contributed by atoms with van der Waals surface area (Å²) in [5, 5.41) is 0. The summed E-state index contributed by atoms with van der Waals surface area (Å²) < 4.78 is 8.71. The summed E-state index contributed by atoms with van der Waals surface area (Å²) in [7, 11) is -0.955. The first-order valence-corrected chi connectivity index (χ1v) is 8.73. The smallest absolute Gasteiger partial charge is 0.254 e. The van der Waals surface area contributed by atoms with Gasteiger partial charge in [0.1, 0.15) is 0 Å². The standard InChI is InChI=1S/C13H27NOSi/c1-13(2,3)12-6-8-14(9-7-12)16-11-5-4-10-15-16/h12,16H,4-11H2,1-3H3. The number of nitrogens with zero attached hydrogens (tertiary/aromatic N) is 1. The van der Waals surface area contributed by atoms with E-state index in [1.165, 1.54) is 44.8 Å². The van der Waals surface area contributed by atoms with Crippen molar-refractivity contribution in [3.05, 3.63) is 0 Å². The fourth-order valence-corrected chi connectivity index (χ4v) is 5.76. The van der Waals surface area contributed by atoms with Gasteiger partial charge in [0, 0.05) is 6.61 Å². The van der Waals surface area contributed by atoms with Gasteiger partial charge in [-0.25, -0.2) is 0 Å². The Kier molecular flexibility index (Phi) is 4.09. The Labute approximate surface area is 102 Å². The molecule has 94 valence electrons. The molecule has 0 spiro atoms. The Morgan fingerprint density at radius 2 is 1.81 bits per heavy atom. The summed E-state index contributed by atoms with van der Waals surface area (Å²) in [4.78, 5) is 0. The summed E-state index contributed by atoms with van der Waals surface area (Å²) in [6, 6.07) is 1.39. The molecule has 0 radical (unpaired) electrons. The highest BCUT2D eigenvalue weighted by Gasteiger charge is 2.32. The molecule has 0 bridgehead atoms. The van der Waals surface area contributed by atoms with Gasteiger partial charge >= 0.3 is 0 Å². The van der Waals surface area contributed by atoms with Crippen molar-refractivity contribution in [1.29, 1.82) is 0 Å². The predicted octanol–water partition coefficient (Wildman–Crippen LogP) is 2.78. The summed E-state index contributed by atoms with van der Waals surface area (Å²) in [6.45, 7) is 10.8. The lowest BCUT2D eigenvalue weighted by Crippen LogP contribution is -2.49. The first-order valence-electron chi connectivity index (χ1n) is 6.93. The minimum atomic E-state index is -0.955. The van der Waals surface area contributed by atoms with Crippen molar-refractivity contribution in [3.63, 3.8) is 0 Å². The van der Waals surface area contributed by atoms with Crippen LogP contribution in [0.2, 0.25) is 6.04 Å². The van der Waals surface area contributed by atoms with Gasteiger partial charge < -0.3 is 8.99 Å². The molecule has 0 saturated carbocycles. The van der Waals surface area contributed by atoms with E-state index in [2.05, 4.69) is 25.3 Å². The molecule has 0 N–H and O–H groups in total. The Hall–Kier alpha value is 0.137. The van der Waals surface area contributed by atoms with E-state index in [-0.39, 0.29) is 0 Å². The Bertz CT molecular complexity index is 212. The van der Waals surface area contributed by atoms with Crippen molar-refractivity contribution in [3.8, 4) is 0 Å². The second-order valence-corrected chi connectivity index (χ2v) is 9.05. The normalized spacial score (nSPS) is 30.6. The number of piperidine rings is 1. The highest BCUT2D eigenvalue weighted by atomic mass is 28.3. The van der Waals surface area contributed by atoms with Gasteiger partial charge in [0.05, 0.1) is 0 Å². The first-order chi connectivity index (χ1) is 7.57. The van der Waals surface area contributed by atoms with Crippen LogP contribution in [0.1, 0.15) is 46.5 Å². The molecule has 0 aliphatic carbocycles. The molecule has 0 amide bonds. The maximum Gasteiger partial charge on any atom is 0.254 e. The molecule has 2 heterocycles. The van der Waals surface area contributed by atoms with E-state index in [1.807, 2.05) is 0 Å². The minimum Gasteiger partial charge on any atom is -0.405 e. The monoisotopic (exact) mass is 241 g/mol. The highest BCUT2D eigenvalue weighted by Crippen LogP contribution is 2.35. The van der Waals surface area contributed by atoms with Crippen LogP contribution in [0, 0.1) is 11.3 Å². The van der Waals surface area contributed by atoms with Crippen molar-refractivity contribution in [2.75, 3.05) is 19.7 Å². The maximum absolute atomic E-state index is 6.00. The molecule has 0 aromatic heterocycles. The van der Waals surface area contributed by atoms with Gasteiger partial charge in [-0.05, 0) is 49.7 Å². The van der Waals surface area contributed by atoms with Crippen molar-refractivity contribution >= 4 is 9.20 Å². The Morgan fingerprint density at radius 3 is 2.31 bits per heavy atom. The number of rotatable bonds is 1. The zero-order chi connectivity index (χ0) is 11.6. The molecule has 2 aliphatic heterocycles. The van der Waals surface area contributed by atoms with Crippen LogP contribution in [-0.2, 0) is 4.43 Å². The summed E-state index contributed by atoms with van der Waals surface area (Å²) in [5.74, 6) is 0.918. The summed E-state index contributed by atoms with van der Waals surface area (Å²) in [5.41, 5.74) is 0.501. The summed E-state index contributed by atoms with van der Waals surface area (Å²) >= 11 is 0. The zero-order valence-electron chi connectivity index (χ0n) is 11.2. The fraction of sp³-hybridized carbons (Fsp3) is 1.00. The van der Waals surface area contributed by atoms with E-state index in [0.29, 0.717) is 5.41 Å². The molecular weight excluding hydrogens is 214 g/mol. The predicted molar refractivity (Wildman–Crippen MR) is 70.9 cm³/mol. The fourth-order valence-electron chi connectivity index (χ4n) is 3.07. The lowest BCUT2D eigenvalue weighted by molar-refractivity contribution is 0.132. The first kappa shape index (κ1) is 12.6. The second kappa shape index (κ2) is 5.19. The lowest BCUT2D eigenvalue weighted by atomic mass is 9.76. The third kappa shape index (κ3) is 3.08. The van der Waals surface area contributed by atoms with Gasteiger partial charge in [-0.2, -0.15) is 0 Å². The van der Waals surface area contributed by atoms with Crippen molar-refractivity contribution in [1.82, 2.24) is 4.57 Å². The van der Waals surface area contributed by atoms with Gasteiger partial charge in [-0.3, -0.25) is 0 Å². The van der Waals surface area contributed by atoms with E-state index in [1.54, 1.807) is 0 Å². The topological polar surface area (TPSA) is 12.5 Å². The molecule has 2 aliphatic rings. The molecule has 16 heavy (non-hydrogen) atoms. The Balaban J connectivity index is 1.80. The van der Waals surface area contributed by atoms with Crippen LogP contribution < -0.4 is 0 Å². The van der Waals surface area contributed by atoms with Gasteiger partial charge in [-0.15, -0.1) is 0 Å². The molecular formula is C13H27NOSi. The van der Waals surface area contributed by atoms with Gasteiger partial charge in [-0.1, -0.05) is 27.2 Å². The quantitative estimate of drug-likeness (QED) is 0.655. The molecule has 1 unspecified atom stereocenters. The van der Waals surface area contributed by atoms with Crippen LogP contribution >= 0.6 is 0 Å². The van der Waals surface area contributed by atoms with E-state index in [4.69, 9.17) is 4.43 Å². The molecule has 2 fully saturated rings. The molecule has 1 atom stereocenters. The SMILES string of the molecule is CC(C)(C)C1CCN([SiH]2CCCCO2)CC1. The van der Waals surface area contributed by atoms with Crippen LogP contribution in [0.3, 0.4) is 0 Å². The van der Waals surface area contributed by atoms with Crippen LogP contribution in [0.5, 0.6) is 0 Å². The molecule has 0 aromatic rings. The van der Waals surface area contributed by atoms with Crippen LogP contribution in [0.4, 0.5) is 0 Å². The zero-order valence-corrected chi connectivity index (χ0v) is 12.3. The molecule has 2 rings (SSSR count). The van der Waals surface area contributed by atoms with Crippen LogP contribution in [0.25, 0.3) is 0 Å². The van der Waals surface area contributed by atoms with Gasteiger partial charge in [0.25, 0.3) is 9.20 Å². The van der Waals surface area contributed by atoms with Crippen LogP contribution in [0.15, 0.2) is 0 Å². The highest BCUT2D eigenvalue weighted by molar-refractivity contribution is 6.48. The van der Waals surface area contributed by atoms with Gasteiger partial charge in [0.2, 0.25) is 0 Å². The molecule has 2 saturated heterocycles. The maximum atomic E-state index is 6.00. The molecule has 3 heteroatoms. The lowest BCUT2D eigenvalue weighted by Gasteiger charge is -2.42. The molecule has 2 nitrogen and oxygen atoms in total.